The van der Waals surface area contributed by atoms with Crippen molar-refractivity contribution in [2.45, 2.75) is 24.5 Å². The van der Waals surface area contributed by atoms with Crippen molar-refractivity contribution in [3.8, 4) is 0 Å². The zero-order valence-corrected chi connectivity index (χ0v) is 8.11. The van der Waals surface area contributed by atoms with Crippen molar-refractivity contribution >= 4 is 0 Å². The second-order valence-corrected chi connectivity index (χ2v) is 4.62. The number of hydrogen-bond donors (Lipinski definition) is 2. The van der Waals surface area contributed by atoms with Gasteiger partial charge in [0.25, 0.3) is 0 Å². The fraction of sp³-hybridized carbons (Fsp3) is 0.500. The first-order chi connectivity index (χ1) is 6.80. The van der Waals surface area contributed by atoms with Crippen LogP contribution in [0, 0.1) is 5.92 Å². The number of benzene rings is 1. The summed E-state index contributed by atoms with van der Waals surface area (Å²) in [5, 5.41) is 13.7. The lowest BCUT2D eigenvalue weighted by Crippen LogP contribution is -2.48. The fourth-order valence-electron chi connectivity index (χ4n) is 2.88. The monoisotopic (exact) mass is 189 g/mol. The van der Waals surface area contributed by atoms with Crippen molar-refractivity contribution in [1.82, 2.24) is 5.32 Å². The van der Waals surface area contributed by atoms with E-state index in [1.165, 1.54) is 0 Å². The Morgan fingerprint density at radius 1 is 1.29 bits per heavy atom. The van der Waals surface area contributed by atoms with Crippen LogP contribution >= 0.6 is 0 Å². The quantitative estimate of drug-likeness (QED) is 0.738. The fourth-order valence-corrected chi connectivity index (χ4v) is 2.88. The molecule has 1 unspecified atom stereocenters. The number of hydrogen-bond acceptors (Lipinski definition) is 2. The summed E-state index contributed by atoms with van der Waals surface area (Å²) < 4.78 is 0. The van der Waals surface area contributed by atoms with Crippen LogP contribution in [-0.4, -0.2) is 17.2 Å². The lowest BCUT2D eigenvalue weighted by atomic mass is 9.69. The standard InChI is InChI=1S/C12H15NO/c14-11(10-4-2-1-3-5-10)12-6-9(7-12)8-13-12/h1-5,9,11,13-14H,6-8H2. The maximum Gasteiger partial charge on any atom is 0.0971 e. The van der Waals surface area contributed by atoms with E-state index < -0.39 is 0 Å². The summed E-state index contributed by atoms with van der Waals surface area (Å²) >= 11 is 0. The summed E-state index contributed by atoms with van der Waals surface area (Å²) in [7, 11) is 0. The van der Waals surface area contributed by atoms with E-state index in [0.29, 0.717) is 0 Å². The molecule has 2 N–H and O–H groups in total. The van der Waals surface area contributed by atoms with Gasteiger partial charge >= 0.3 is 0 Å². The summed E-state index contributed by atoms with van der Waals surface area (Å²) in [6, 6.07) is 9.97. The molecule has 14 heavy (non-hydrogen) atoms. The molecule has 0 spiro atoms. The summed E-state index contributed by atoms with van der Waals surface area (Å²) in [5.41, 5.74) is 1.05. The van der Waals surface area contributed by atoms with Gasteiger partial charge in [0.05, 0.1) is 6.10 Å². The van der Waals surface area contributed by atoms with Gasteiger partial charge in [-0.05, 0) is 30.9 Å². The topological polar surface area (TPSA) is 32.3 Å². The van der Waals surface area contributed by atoms with Gasteiger partial charge in [0.15, 0.2) is 0 Å². The molecule has 0 radical (unpaired) electrons. The minimum Gasteiger partial charge on any atom is -0.386 e. The number of fused-ring (bicyclic) bond motifs is 1. The SMILES string of the molecule is OC(c1ccccc1)C12CC(CN1)C2. The number of aliphatic hydroxyl groups is 1. The van der Waals surface area contributed by atoms with Crippen LogP contribution in [-0.2, 0) is 0 Å². The number of nitrogens with one attached hydrogen (secondary N) is 1. The maximum atomic E-state index is 10.3. The lowest BCUT2D eigenvalue weighted by Gasteiger charge is -2.41. The van der Waals surface area contributed by atoms with E-state index in [-0.39, 0.29) is 11.6 Å². The van der Waals surface area contributed by atoms with Gasteiger partial charge in [-0.25, -0.2) is 0 Å². The second kappa shape index (κ2) is 2.81. The molecule has 2 aliphatic heterocycles. The highest BCUT2D eigenvalue weighted by Gasteiger charge is 2.54. The zero-order chi connectivity index (χ0) is 9.60. The molecule has 2 bridgehead atoms. The highest BCUT2D eigenvalue weighted by Crippen LogP contribution is 2.50. The molecule has 3 fully saturated rings. The van der Waals surface area contributed by atoms with Gasteiger partial charge < -0.3 is 10.4 Å². The molecule has 0 amide bonds. The Hall–Kier alpha value is -0.860. The summed E-state index contributed by atoms with van der Waals surface area (Å²) in [5.74, 6) is 0.813. The van der Waals surface area contributed by atoms with E-state index in [1.807, 2.05) is 30.3 Å². The van der Waals surface area contributed by atoms with Gasteiger partial charge in [0.2, 0.25) is 0 Å². The van der Waals surface area contributed by atoms with Crippen molar-refractivity contribution in [2.24, 2.45) is 5.92 Å². The van der Waals surface area contributed by atoms with Gasteiger partial charge in [-0.3, -0.25) is 0 Å². The van der Waals surface area contributed by atoms with Gasteiger partial charge in [-0.2, -0.15) is 0 Å². The van der Waals surface area contributed by atoms with Crippen LogP contribution in [0.4, 0.5) is 0 Å². The third-order valence-electron chi connectivity index (χ3n) is 3.69. The first-order valence-electron chi connectivity index (χ1n) is 5.28. The van der Waals surface area contributed by atoms with Crippen LogP contribution in [0.3, 0.4) is 0 Å². The molecule has 74 valence electrons. The number of aliphatic hydroxyl groups excluding tert-OH is 1. The first kappa shape index (κ1) is 8.45. The minimum absolute atomic E-state index is 0.00597. The summed E-state index contributed by atoms with van der Waals surface area (Å²) in [6.07, 6.45) is 1.95. The van der Waals surface area contributed by atoms with Crippen molar-refractivity contribution in [3.05, 3.63) is 35.9 Å². The molecule has 2 saturated heterocycles. The van der Waals surface area contributed by atoms with Crippen molar-refractivity contribution in [3.63, 3.8) is 0 Å². The van der Waals surface area contributed by atoms with Crippen LogP contribution in [0.5, 0.6) is 0 Å². The Balaban J connectivity index is 1.86. The molecule has 1 aliphatic carbocycles. The average molecular weight is 189 g/mol. The van der Waals surface area contributed by atoms with Crippen LogP contribution in [0.25, 0.3) is 0 Å². The summed E-state index contributed by atoms with van der Waals surface area (Å²) in [4.78, 5) is 0. The van der Waals surface area contributed by atoms with Crippen LogP contribution in [0.1, 0.15) is 24.5 Å². The molecule has 0 aromatic heterocycles. The molecule has 3 aliphatic rings. The third-order valence-corrected chi connectivity index (χ3v) is 3.69. The molecule has 2 heterocycles. The molecule has 1 atom stereocenters. The van der Waals surface area contributed by atoms with E-state index in [0.717, 1.165) is 30.9 Å². The lowest BCUT2D eigenvalue weighted by molar-refractivity contribution is 0.0265. The Morgan fingerprint density at radius 3 is 2.57 bits per heavy atom. The molecule has 1 aromatic rings. The van der Waals surface area contributed by atoms with Crippen LogP contribution in [0.15, 0.2) is 30.3 Å². The maximum absolute atomic E-state index is 10.3. The minimum atomic E-state index is -0.331. The first-order valence-corrected chi connectivity index (χ1v) is 5.28. The van der Waals surface area contributed by atoms with Crippen molar-refractivity contribution < 1.29 is 5.11 Å². The Morgan fingerprint density at radius 2 is 2.00 bits per heavy atom. The van der Waals surface area contributed by atoms with Crippen molar-refractivity contribution in [2.75, 3.05) is 6.54 Å². The van der Waals surface area contributed by atoms with Gasteiger partial charge in [0, 0.05) is 5.54 Å². The molecule has 2 nitrogen and oxygen atoms in total. The normalized spacial score (nSPS) is 36.5. The molecule has 1 aromatic carbocycles. The van der Waals surface area contributed by atoms with Gasteiger partial charge in [-0.15, -0.1) is 0 Å². The highest BCUT2D eigenvalue weighted by atomic mass is 16.3. The Labute approximate surface area is 84.0 Å². The van der Waals surface area contributed by atoms with Crippen LogP contribution < -0.4 is 5.32 Å². The van der Waals surface area contributed by atoms with E-state index in [4.69, 9.17) is 0 Å². The predicted octanol–water partition coefficient (Wildman–Crippen LogP) is 1.47. The van der Waals surface area contributed by atoms with Crippen molar-refractivity contribution in [1.29, 1.82) is 0 Å². The molecular weight excluding hydrogens is 174 g/mol. The zero-order valence-electron chi connectivity index (χ0n) is 8.11. The van der Waals surface area contributed by atoms with E-state index in [9.17, 15) is 5.11 Å². The van der Waals surface area contributed by atoms with E-state index in [2.05, 4.69) is 5.32 Å². The molecular formula is C12H15NO. The van der Waals surface area contributed by atoms with Crippen LogP contribution in [0.2, 0.25) is 0 Å². The largest absolute Gasteiger partial charge is 0.386 e. The summed E-state index contributed by atoms with van der Waals surface area (Å²) in [6.45, 7) is 1.09. The third kappa shape index (κ3) is 1.04. The highest BCUT2D eigenvalue weighted by molar-refractivity contribution is 5.25. The van der Waals surface area contributed by atoms with Gasteiger partial charge in [0.1, 0.15) is 0 Å². The number of rotatable bonds is 2. The Bertz CT molecular complexity index is 324. The average Bonchev–Trinajstić information content (AvgIpc) is 2.77. The van der Waals surface area contributed by atoms with E-state index in [1.54, 1.807) is 0 Å². The van der Waals surface area contributed by atoms with E-state index >= 15 is 0 Å². The predicted molar refractivity (Wildman–Crippen MR) is 54.9 cm³/mol. The van der Waals surface area contributed by atoms with Gasteiger partial charge in [-0.1, -0.05) is 30.3 Å². The second-order valence-electron chi connectivity index (χ2n) is 4.62. The molecule has 2 heteroatoms. The molecule has 1 saturated carbocycles. The Kier molecular flexibility index (Phi) is 1.70. The molecule has 4 rings (SSSR count). The smallest absolute Gasteiger partial charge is 0.0971 e.